The SMILES string of the molecule is CC1(c2ccccc2)OC(C=Cc2cccnc2)=CC1=O. The molecule has 1 aromatic carbocycles. The highest BCUT2D eigenvalue weighted by atomic mass is 16.5. The number of allylic oxidation sites excluding steroid dienone is 1. The maximum absolute atomic E-state index is 12.3. The molecule has 0 bridgehead atoms. The highest BCUT2D eigenvalue weighted by molar-refractivity contribution is 6.00. The van der Waals surface area contributed by atoms with E-state index in [0.29, 0.717) is 5.76 Å². The standard InChI is InChI=1S/C18H15NO2/c1-18(15-7-3-2-4-8-15)17(20)12-16(21-18)10-9-14-6-5-11-19-13-14/h2-13H,1H3. The lowest BCUT2D eigenvalue weighted by molar-refractivity contribution is -0.129. The lowest BCUT2D eigenvalue weighted by atomic mass is 9.92. The van der Waals surface area contributed by atoms with Gasteiger partial charge in [0.2, 0.25) is 5.78 Å². The Hall–Kier alpha value is -2.68. The summed E-state index contributed by atoms with van der Waals surface area (Å²) >= 11 is 0. The molecule has 3 rings (SSSR count). The van der Waals surface area contributed by atoms with Gasteiger partial charge in [0.05, 0.1) is 0 Å². The highest BCUT2D eigenvalue weighted by Crippen LogP contribution is 2.35. The molecular weight excluding hydrogens is 262 g/mol. The Labute approximate surface area is 123 Å². The summed E-state index contributed by atoms with van der Waals surface area (Å²) in [7, 11) is 0. The Morgan fingerprint density at radius 2 is 1.90 bits per heavy atom. The molecule has 0 aliphatic carbocycles. The molecule has 0 saturated heterocycles. The number of carbonyl (C=O) groups excluding carboxylic acids is 1. The minimum absolute atomic E-state index is 0.0421. The van der Waals surface area contributed by atoms with Gasteiger partial charge < -0.3 is 4.74 Å². The molecular formula is C18H15NO2. The molecule has 1 aliphatic rings. The third-order valence-corrected chi connectivity index (χ3v) is 3.51. The van der Waals surface area contributed by atoms with Gasteiger partial charge in [-0.05, 0) is 30.7 Å². The van der Waals surface area contributed by atoms with Crippen molar-refractivity contribution >= 4 is 11.9 Å². The van der Waals surface area contributed by atoms with E-state index in [9.17, 15) is 4.79 Å². The zero-order chi connectivity index (χ0) is 14.7. The van der Waals surface area contributed by atoms with Crippen molar-refractivity contribution in [2.75, 3.05) is 0 Å². The van der Waals surface area contributed by atoms with Gasteiger partial charge in [0.25, 0.3) is 0 Å². The third-order valence-electron chi connectivity index (χ3n) is 3.51. The lowest BCUT2D eigenvalue weighted by Crippen LogP contribution is -2.29. The maximum Gasteiger partial charge on any atom is 0.207 e. The molecule has 104 valence electrons. The first-order valence-corrected chi connectivity index (χ1v) is 6.77. The largest absolute Gasteiger partial charge is 0.475 e. The summed E-state index contributed by atoms with van der Waals surface area (Å²) in [4.78, 5) is 16.3. The fourth-order valence-electron chi connectivity index (χ4n) is 2.27. The van der Waals surface area contributed by atoms with E-state index in [4.69, 9.17) is 4.74 Å². The van der Waals surface area contributed by atoms with E-state index in [0.717, 1.165) is 11.1 Å². The van der Waals surface area contributed by atoms with Crippen LogP contribution in [-0.4, -0.2) is 10.8 Å². The van der Waals surface area contributed by atoms with Gasteiger partial charge in [-0.2, -0.15) is 0 Å². The molecule has 0 fully saturated rings. The summed E-state index contributed by atoms with van der Waals surface area (Å²) in [5.41, 5.74) is 0.884. The van der Waals surface area contributed by atoms with Crippen LogP contribution in [0.5, 0.6) is 0 Å². The number of carbonyl (C=O) groups is 1. The van der Waals surface area contributed by atoms with Crippen LogP contribution in [-0.2, 0) is 15.1 Å². The van der Waals surface area contributed by atoms with E-state index in [2.05, 4.69) is 4.98 Å². The van der Waals surface area contributed by atoms with Crippen molar-refractivity contribution in [2.45, 2.75) is 12.5 Å². The van der Waals surface area contributed by atoms with Gasteiger partial charge in [0, 0.05) is 24.0 Å². The van der Waals surface area contributed by atoms with Crippen LogP contribution in [0.1, 0.15) is 18.1 Å². The number of aromatic nitrogens is 1. The van der Waals surface area contributed by atoms with E-state index >= 15 is 0 Å². The fraction of sp³-hybridized carbons (Fsp3) is 0.111. The Morgan fingerprint density at radius 3 is 2.62 bits per heavy atom. The zero-order valence-electron chi connectivity index (χ0n) is 11.7. The molecule has 0 spiro atoms. The summed E-state index contributed by atoms with van der Waals surface area (Å²) in [5, 5.41) is 0. The molecule has 0 saturated carbocycles. The van der Waals surface area contributed by atoms with Crippen LogP contribution in [0.2, 0.25) is 0 Å². The summed E-state index contributed by atoms with van der Waals surface area (Å²) in [6.45, 7) is 1.80. The average molecular weight is 277 g/mol. The van der Waals surface area contributed by atoms with Crippen LogP contribution in [0.3, 0.4) is 0 Å². The molecule has 0 radical (unpaired) electrons. The summed E-state index contributed by atoms with van der Waals surface area (Å²) in [6, 6.07) is 13.3. The van der Waals surface area contributed by atoms with E-state index in [1.807, 2.05) is 48.5 Å². The van der Waals surface area contributed by atoms with Gasteiger partial charge >= 0.3 is 0 Å². The monoisotopic (exact) mass is 277 g/mol. The van der Waals surface area contributed by atoms with Gasteiger partial charge in [-0.1, -0.05) is 36.4 Å². The van der Waals surface area contributed by atoms with Gasteiger partial charge in [-0.25, -0.2) is 0 Å². The molecule has 1 aromatic heterocycles. The zero-order valence-corrected chi connectivity index (χ0v) is 11.7. The smallest absolute Gasteiger partial charge is 0.207 e. The Kier molecular flexibility index (Phi) is 3.40. The number of hydrogen-bond acceptors (Lipinski definition) is 3. The van der Waals surface area contributed by atoms with Gasteiger partial charge in [0.15, 0.2) is 5.60 Å². The Morgan fingerprint density at radius 1 is 1.10 bits per heavy atom. The van der Waals surface area contributed by atoms with Crippen molar-refractivity contribution in [3.63, 3.8) is 0 Å². The summed E-state index contributed by atoms with van der Waals surface area (Å²) in [6.07, 6.45) is 8.69. The second-order valence-corrected chi connectivity index (χ2v) is 5.03. The lowest BCUT2D eigenvalue weighted by Gasteiger charge is -2.23. The van der Waals surface area contributed by atoms with E-state index < -0.39 is 5.60 Å². The minimum Gasteiger partial charge on any atom is -0.475 e. The van der Waals surface area contributed by atoms with Crippen molar-refractivity contribution < 1.29 is 9.53 Å². The van der Waals surface area contributed by atoms with Crippen LogP contribution < -0.4 is 0 Å². The first kappa shape index (κ1) is 13.3. The molecule has 1 unspecified atom stereocenters. The number of ketones is 1. The van der Waals surface area contributed by atoms with Crippen molar-refractivity contribution in [1.82, 2.24) is 4.98 Å². The van der Waals surface area contributed by atoms with Crippen LogP contribution in [0, 0.1) is 0 Å². The molecule has 1 aliphatic heterocycles. The number of rotatable bonds is 3. The predicted molar refractivity (Wildman–Crippen MR) is 81.2 cm³/mol. The second kappa shape index (κ2) is 5.37. The van der Waals surface area contributed by atoms with E-state index in [1.165, 1.54) is 0 Å². The number of nitrogens with zero attached hydrogens (tertiary/aromatic N) is 1. The number of ether oxygens (including phenoxy) is 1. The van der Waals surface area contributed by atoms with E-state index in [-0.39, 0.29) is 5.78 Å². The quantitative estimate of drug-likeness (QED) is 0.862. The van der Waals surface area contributed by atoms with Crippen LogP contribution in [0.4, 0.5) is 0 Å². The minimum atomic E-state index is -0.935. The molecule has 0 amide bonds. The highest BCUT2D eigenvalue weighted by Gasteiger charge is 2.40. The summed E-state index contributed by atoms with van der Waals surface area (Å²) in [5.74, 6) is 0.523. The van der Waals surface area contributed by atoms with Crippen LogP contribution >= 0.6 is 0 Å². The van der Waals surface area contributed by atoms with Crippen LogP contribution in [0.25, 0.3) is 6.08 Å². The first-order valence-electron chi connectivity index (χ1n) is 6.77. The maximum atomic E-state index is 12.3. The van der Waals surface area contributed by atoms with E-state index in [1.54, 1.807) is 31.5 Å². The van der Waals surface area contributed by atoms with Crippen molar-refractivity contribution in [1.29, 1.82) is 0 Å². The van der Waals surface area contributed by atoms with Crippen molar-refractivity contribution in [3.05, 3.63) is 83.9 Å². The van der Waals surface area contributed by atoms with Crippen molar-refractivity contribution in [3.8, 4) is 0 Å². The Balaban J connectivity index is 1.81. The molecule has 21 heavy (non-hydrogen) atoms. The predicted octanol–water partition coefficient (Wildman–Crippen LogP) is 3.49. The normalized spacial score (nSPS) is 21.4. The van der Waals surface area contributed by atoms with Gasteiger partial charge in [-0.3, -0.25) is 9.78 Å². The Bertz CT molecular complexity index is 705. The van der Waals surface area contributed by atoms with Crippen LogP contribution in [0.15, 0.2) is 72.8 Å². The number of pyridine rings is 1. The number of benzene rings is 1. The third kappa shape index (κ3) is 2.63. The number of hydrogen-bond donors (Lipinski definition) is 0. The average Bonchev–Trinajstić information content (AvgIpc) is 2.83. The molecule has 0 N–H and O–H groups in total. The molecule has 2 aromatic rings. The fourth-order valence-corrected chi connectivity index (χ4v) is 2.27. The first-order chi connectivity index (χ1) is 10.2. The molecule has 3 heteroatoms. The molecule has 1 atom stereocenters. The van der Waals surface area contributed by atoms with Crippen molar-refractivity contribution in [2.24, 2.45) is 0 Å². The summed E-state index contributed by atoms with van der Waals surface area (Å²) < 4.78 is 5.87. The molecule has 2 heterocycles. The van der Waals surface area contributed by atoms with Gasteiger partial charge in [0.1, 0.15) is 5.76 Å². The van der Waals surface area contributed by atoms with Gasteiger partial charge in [-0.15, -0.1) is 0 Å². The molecule has 3 nitrogen and oxygen atoms in total. The topological polar surface area (TPSA) is 39.2 Å². The second-order valence-electron chi connectivity index (χ2n) is 5.03.